The van der Waals surface area contributed by atoms with Crippen LogP contribution in [0.2, 0.25) is 0 Å². The fourth-order valence-corrected chi connectivity index (χ4v) is 2.03. The summed E-state index contributed by atoms with van der Waals surface area (Å²) in [7, 11) is 3.24. The van der Waals surface area contributed by atoms with E-state index in [0.29, 0.717) is 11.5 Å². The Kier molecular flexibility index (Phi) is 4.48. The molecular formula is C16H19NO3. The number of nitrogens with two attached hydrogens (primary N) is 1. The van der Waals surface area contributed by atoms with E-state index in [1.54, 1.807) is 14.2 Å². The molecule has 2 aromatic carbocycles. The van der Waals surface area contributed by atoms with Crippen molar-refractivity contribution < 1.29 is 14.2 Å². The summed E-state index contributed by atoms with van der Waals surface area (Å²) >= 11 is 0. The fraction of sp³-hybridized carbons (Fsp3) is 0.250. The van der Waals surface area contributed by atoms with Gasteiger partial charge in [-0.25, -0.2) is 0 Å². The second kappa shape index (κ2) is 6.30. The van der Waals surface area contributed by atoms with E-state index in [1.807, 2.05) is 49.4 Å². The molecule has 0 spiro atoms. The largest absolute Gasteiger partial charge is 0.497 e. The average molecular weight is 273 g/mol. The highest BCUT2D eigenvalue weighted by molar-refractivity contribution is 5.49. The Labute approximate surface area is 119 Å². The number of ether oxygens (including phenoxy) is 3. The summed E-state index contributed by atoms with van der Waals surface area (Å²) in [6.07, 6.45) is 0. The standard InChI is InChI=1S/C16H19NO3/c1-11(17)16-14(19-3)8-5-9-15(16)20-13-7-4-6-12(10-13)18-2/h4-11H,17H2,1-3H3/t11-/m0/s1. The van der Waals surface area contributed by atoms with Crippen molar-refractivity contribution in [1.82, 2.24) is 0 Å². The van der Waals surface area contributed by atoms with Gasteiger partial charge in [0.05, 0.1) is 19.8 Å². The minimum atomic E-state index is -0.188. The molecule has 0 unspecified atom stereocenters. The number of hydrogen-bond donors (Lipinski definition) is 1. The number of methoxy groups -OCH3 is 2. The molecule has 0 aromatic heterocycles. The van der Waals surface area contributed by atoms with E-state index in [-0.39, 0.29) is 6.04 Å². The molecular weight excluding hydrogens is 254 g/mol. The Morgan fingerprint density at radius 2 is 1.55 bits per heavy atom. The van der Waals surface area contributed by atoms with E-state index in [4.69, 9.17) is 19.9 Å². The van der Waals surface area contributed by atoms with E-state index in [0.717, 1.165) is 17.1 Å². The lowest BCUT2D eigenvalue weighted by Crippen LogP contribution is -2.08. The van der Waals surface area contributed by atoms with Gasteiger partial charge in [0.2, 0.25) is 0 Å². The van der Waals surface area contributed by atoms with Crippen LogP contribution in [0.15, 0.2) is 42.5 Å². The Hall–Kier alpha value is -2.20. The first-order chi connectivity index (χ1) is 9.65. The van der Waals surface area contributed by atoms with Gasteiger partial charge in [0, 0.05) is 12.1 Å². The first-order valence-electron chi connectivity index (χ1n) is 6.40. The van der Waals surface area contributed by atoms with E-state index < -0.39 is 0 Å². The Morgan fingerprint density at radius 1 is 0.900 bits per heavy atom. The van der Waals surface area contributed by atoms with Gasteiger partial charge in [-0.2, -0.15) is 0 Å². The van der Waals surface area contributed by atoms with Gasteiger partial charge < -0.3 is 19.9 Å². The maximum atomic E-state index is 6.02. The van der Waals surface area contributed by atoms with Gasteiger partial charge in [0.1, 0.15) is 23.0 Å². The third kappa shape index (κ3) is 3.03. The third-order valence-corrected chi connectivity index (χ3v) is 2.97. The SMILES string of the molecule is COc1cccc(Oc2cccc(OC)c2[C@H](C)N)c1. The molecule has 0 bridgehead atoms. The lowest BCUT2D eigenvalue weighted by molar-refractivity contribution is 0.394. The van der Waals surface area contributed by atoms with Gasteiger partial charge in [-0.15, -0.1) is 0 Å². The molecule has 20 heavy (non-hydrogen) atoms. The van der Waals surface area contributed by atoms with Gasteiger partial charge in [0.25, 0.3) is 0 Å². The fourth-order valence-electron chi connectivity index (χ4n) is 2.03. The predicted octanol–water partition coefficient (Wildman–Crippen LogP) is 3.52. The monoisotopic (exact) mass is 273 g/mol. The van der Waals surface area contributed by atoms with Crippen LogP contribution >= 0.6 is 0 Å². The minimum Gasteiger partial charge on any atom is -0.497 e. The van der Waals surface area contributed by atoms with Crippen LogP contribution in [0.3, 0.4) is 0 Å². The molecule has 106 valence electrons. The number of hydrogen-bond acceptors (Lipinski definition) is 4. The van der Waals surface area contributed by atoms with E-state index in [2.05, 4.69) is 0 Å². The van der Waals surface area contributed by atoms with Crippen LogP contribution in [-0.4, -0.2) is 14.2 Å². The van der Waals surface area contributed by atoms with Crippen LogP contribution in [0.1, 0.15) is 18.5 Å². The van der Waals surface area contributed by atoms with Crippen molar-refractivity contribution >= 4 is 0 Å². The summed E-state index contributed by atoms with van der Waals surface area (Å²) in [5, 5.41) is 0. The third-order valence-electron chi connectivity index (χ3n) is 2.97. The van der Waals surface area contributed by atoms with Crippen LogP contribution in [0.5, 0.6) is 23.0 Å². The van der Waals surface area contributed by atoms with Gasteiger partial charge in [-0.05, 0) is 31.2 Å². The molecule has 1 atom stereocenters. The molecule has 0 radical (unpaired) electrons. The maximum Gasteiger partial charge on any atom is 0.135 e. The van der Waals surface area contributed by atoms with Crippen molar-refractivity contribution in [3.05, 3.63) is 48.0 Å². The highest BCUT2D eigenvalue weighted by Gasteiger charge is 2.15. The lowest BCUT2D eigenvalue weighted by Gasteiger charge is -2.17. The molecule has 4 nitrogen and oxygen atoms in total. The molecule has 0 aliphatic carbocycles. The minimum absolute atomic E-state index is 0.188. The zero-order valence-electron chi connectivity index (χ0n) is 11.9. The molecule has 0 saturated carbocycles. The summed E-state index contributed by atoms with van der Waals surface area (Å²) in [6.45, 7) is 1.90. The second-order valence-electron chi connectivity index (χ2n) is 4.44. The van der Waals surface area contributed by atoms with Crippen molar-refractivity contribution in [1.29, 1.82) is 0 Å². The number of benzene rings is 2. The summed E-state index contributed by atoms with van der Waals surface area (Å²) < 4.78 is 16.4. The van der Waals surface area contributed by atoms with Crippen molar-refractivity contribution in [3.63, 3.8) is 0 Å². The van der Waals surface area contributed by atoms with Crippen molar-refractivity contribution in [3.8, 4) is 23.0 Å². The Balaban J connectivity index is 2.37. The molecule has 2 N–H and O–H groups in total. The van der Waals surface area contributed by atoms with Gasteiger partial charge in [0.15, 0.2) is 0 Å². The quantitative estimate of drug-likeness (QED) is 0.905. The Bertz CT molecular complexity index is 582. The lowest BCUT2D eigenvalue weighted by atomic mass is 10.1. The molecule has 0 heterocycles. The zero-order valence-corrected chi connectivity index (χ0v) is 11.9. The summed E-state index contributed by atoms with van der Waals surface area (Å²) in [6, 6.07) is 12.9. The van der Waals surface area contributed by atoms with E-state index in [9.17, 15) is 0 Å². The highest BCUT2D eigenvalue weighted by Crippen LogP contribution is 2.36. The molecule has 0 amide bonds. The smallest absolute Gasteiger partial charge is 0.135 e. The molecule has 4 heteroatoms. The van der Waals surface area contributed by atoms with Crippen molar-refractivity contribution in [2.75, 3.05) is 14.2 Å². The van der Waals surface area contributed by atoms with Crippen LogP contribution < -0.4 is 19.9 Å². The van der Waals surface area contributed by atoms with Gasteiger partial charge in [-0.1, -0.05) is 12.1 Å². The normalized spacial score (nSPS) is 11.8. The first kappa shape index (κ1) is 14.2. The van der Waals surface area contributed by atoms with Crippen LogP contribution in [0.25, 0.3) is 0 Å². The molecule has 0 saturated heterocycles. The molecule has 0 fully saturated rings. The summed E-state index contributed by atoms with van der Waals surface area (Å²) in [5.74, 6) is 2.85. The maximum absolute atomic E-state index is 6.02. The molecule has 2 rings (SSSR count). The average Bonchev–Trinajstić information content (AvgIpc) is 2.46. The number of rotatable bonds is 5. The summed E-state index contributed by atoms with van der Waals surface area (Å²) in [5.41, 5.74) is 6.86. The van der Waals surface area contributed by atoms with Crippen LogP contribution in [0, 0.1) is 0 Å². The van der Waals surface area contributed by atoms with E-state index in [1.165, 1.54) is 0 Å². The van der Waals surface area contributed by atoms with E-state index >= 15 is 0 Å². The van der Waals surface area contributed by atoms with Gasteiger partial charge in [-0.3, -0.25) is 0 Å². The van der Waals surface area contributed by atoms with Crippen molar-refractivity contribution in [2.45, 2.75) is 13.0 Å². The van der Waals surface area contributed by atoms with Crippen LogP contribution in [-0.2, 0) is 0 Å². The Morgan fingerprint density at radius 3 is 2.20 bits per heavy atom. The van der Waals surface area contributed by atoms with Crippen LogP contribution in [0.4, 0.5) is 0 Å². The highest BCUT2D eigenvalue weighted by atomic mass is 16.5. The first-order valence-corrected chi connectivity index (χ1v) is 6.40. The summed E-state index contributed by atoms with van der Waals surface area (Å²) in [4.78, 5) is 0. The second-order valence-corrected chi connectivity index (χ2v) is 4.44. The topological polar surface area (TPSA) is 53.7 Å². The molecule has 0 aliphatic heterocycles. The van der Waals surface area contributed by atoms with Gasteiger partial charge >= 0.3 is 0 Å². The predicted molar refractivity (Wildman–Crippen MR) is 78.7 cm³/mol. The molecule has 0 aliphatic rings. The molecule has 2 aromatic rings. The van der Waals surface area contributed by atoms with Crippen molar-refractivity contribution in [2.24, 2.45) is 5.73 Å². The zero-order chi connectivity index (χ0) is 14.5.